The Morgan fingerprint density at radius 2 is 1.89 bits per heavy atom. The highest BCUT2D eigenvalue weighted by Crippen LogP contribution is 2.23. The molecule has 0 aromatic heterocycles. The highest BCUT2D eigenvalue weighted by atomic mass is 79.9. The molecular weight excluding hydrogens is 306 g/mol. The second kappa shape index (κ2) is 5.89. The summed E-state index contributed by atoms with van der Waals surface area (Å²) < 4.78 is 5.95. The number of ether oxygens (including phenoxy) is 1. The number of nitrogens with zero attached hydrogens (tertiary/aromatic N) is 1. The zero-order valence-electron chi connectivity index (χ0n) is 10.8. The lowest BCUT2D eigenvalue weighted by Gasteiger charge is -2.18. The van der Waals surface area contributed by atoms with Crippen molar-refractivity contribution in [1.29, 1.82) is 0 Å². The number of anilines is 1. The minimum Gasteiger partial charge on any atom is -0.497 e. The molecule has 2 rings (SSSR count). The first kappa shape index (κ1) is 13.6. The molecule has 3 nitrogen and oxygen atoms in total. The molecule has 1 amide bonds. The second-order valence-electron chi connectivity index (χ2n) is 4.05. The van der Waals surface area contributed by atoms with Crippen molar-refractivity contribution in [2.75, 3.05) is 19.1 Å². The number of hydrogen-bond donors (Lipinski definition) is 0. The van der Waals surface area contributed by atoms with E-state index in [-0.39, 0.29) is 5.91 Å². The highest BCUT2D eigenvalue weighted by Gasteiger charge is 2.16. The summed E-state index contributed by atoms with van der Waals surface area (Å²) in [5.74, 6) is 0.657. The van der Waals surface area contributed by atoms with E-state index in [1.807, 2.05) is 42.5 Å². The topological polar surface area (TPSA) is 29.5 Å². The molecule has 19 heavy (non-hydrogen) atoms. The molecule has 0 spiro atoms. The van der Waals surface area contributed by atoms with E-state index in [2.05, 4.69) is 15.9 Å². The fraction of sp³-hybridized carbons (Fsp3) is 0.133. The molecule has 0 aliphatic heterocycles. The average molecular weight is 320 g/mol. The fourth-order valence-electron chi connectivity index (χ4n) is 1.75. The van der Waals surface area contributed by atoms with Crippen LogP contribution in [0.3, 0.4) is 0 Å². The molecule has 0 saturated carbocycles. The van der Waals surface area contributed by atoms with Gasteiger partial charge in [0.15, 0.2) is 0 Å². The SMILES string of the molecule is COc1cccc(N(C)C(=O)c2ccccc2Br)c1. The van der Waals surface area contributed by atoms with Crippen molar-refractivity contribution < 1.29 is 9.53 Å². The molecule has 0 fully saturated rings. The van der Waals surface area contributed by atoms with E-state index in [0.717, 1.165) is 15.9 Å². The van der Waals surface area contributed by atoms with E-state index in [1.165, 1.54) is 0 Å². The van der Waals surface area contributed by atoms with Crippen molar-refractivity contribution in [3.8, 4) is 5.75 Å². The van der Waals surface area contributed by atoms with Gasteiger partial charge < -0.3 is 9.64 Å². The molecule has 0 bridgehead atoms. The van der Waals surface area contributed by atoms with E-state index < -0.39 is 0 Å². The number of hydrogen-bond acceptors (Lipinski definition) is 2. The largest absolute Gasteiger partial charge is 0.497 e. The minimum atomic E-state index is -0.0688. The maximum absolute atomic E-state index is 12.4. The zero-order valence-corrected chi connectivity index (χ0v) is 12.3. The molecule has 2 aromatic rings. The lowest BCUT2D eigenvalue weighted by molar-refractivity contribution is 0.0992. The molecule has 0 aliphatic carbocycles. The predicted octanol–water partition coefficient (Wildman–Crippen LogP) is 3.73. The van der Waals surface area contributed by atoms with Crippen molar-refractivity contribution >= 4 is 27.5 Å². The first-order valence-corrected chi connectivity index (χ1v) is 6.59. The van der Waals surface area contributed by atoms with E-state index in [0.29, 0.717) is 5.56 Å². The van der Waals surface area contributed by atoms with Crippen LogP contribution in [-0.2, 0) is 0 Å². The number of carbonyl (C=O) groups is 1. The zero-order chi connectivity index (χ0) is 13.8. The first-order valence-electron chi connectivity index (χ1n) is 5.80. The Morgan fingerprint density at radius 1 is 1.16 bits per heavy atom. The Morgan fingerprint density at radius 3 is 2.58 bits per heavy atom. The second-order valence-corrected chi connectivity index (χ2v) is 4.90. The summed E-state index contributed by atoms with van der Waals surface area (Å²) in [6, 6.07) is 14.8. The van der Waals surface area contributed by atoms with Crippen molar-refractivity contribution in [2.45, 2.75) is 0 Å². The van der Waals surface area contributed by atoms with Crippen molar-refractivity contribution in [1.82, 2.24) is 0 Å². The normalized spacial score (nSPS) is 10.1. The number of carbonyl (C=O) groups excluding carboxylic acids is 1. The Balaban J connectivity index is 2.31. The summed E-state index contributed by atoms with van der Waals surface area (Å²) in [5, 5.41) is 0. The van der Waals surface area contributed by atoms with Crippen LogP contribution in [0.5, 0.6) is 5.75 Å². The van der Waals surface area contributed by atoms with Crippen LogP contribution < -0.4 is 9.64 Å². The summed E-state index contributed by atoms with van der Waals surface area (Å²) >= 11 is 3.39. The summed E-state index contributed by atoms with van der Waals surface area (Å²) in [7, 11) is 3.35. The Bertz CT molecular complexity index is 598. The summed E-state index contributed by atoms with van der Waals surface area (Å²) in [5.41, 5.74) is 1.42. The highest BCUT2D eigenvalue weighted by molar-refractivity contribution is 9.10. The smallest absolute Gasteiger partial charge is 0.259 e. The number of amides is 1. The van der Waals surface area contributed by atoms with Crippen LogP contribution in [-0.4, -0.2) is 20.1 Å². The maximum Gasteiger partial charge on any atom is 0.259 e. The molecule has 0 unspecified atom stereocenters. The van der Waals surface area contributed by atoms with E-state index in [9.17, 15) is 4.79 Å². The van der Waals surface area contributed by atoms with Crippen molar-refractivity contribution in [2.24, 2.45) is 0 Å². The maximum atomic E-state index is 12.4. The van der Waals surface area contributed by atoms with Gasteiger partial charge in [-0.15, -0.1) is 0 Å². The molecule has 0 N–H and O–H groups in total. The van der Waals surface area contributed by atoms with Crippen LogP contribution in [0.1, 0.15) is 10.4 Å². The van der Waals surface area contributed by atoms with Crippen molar-refractivity contribution in [3.63, 3.8) is 0 Å². The van der Waals surface area contributed by atoms with Gasteiger partial charge in [-0.25, -0.2) is 0 Å². The van der Waals surface area contributed by atoms with Gasteiger partial charge in [0.05, 0.1) is 12.7 Å². The standard InChI is InChI=1S/C15H14BrNO2/c1-17(11-6-5-7-12(10-11)19-2)15(18)13-8-3-4-9-14(13)16/h3-10H,1-2H3. The Hall–Kier alpha value is -1.81. The van der Waals surface area contributed by atoms with E-state index in [4.69, 9.17) is 4.74 Å². The van der Waals surface area contributed by atoms with Gasteiger partial charge in [0, 0.05) is 23.3 Å². The van der Waals surface area contributed by atoms with Crippen LogP contribution in [0.4, 0.5) is 5.69 Å². The van der Waals surface area contributed by atoms with Gasteiger partial charge in [-0.1, -0.05) is 18.2 Å². The molecule has 0 aliphatic rings. The molecule has 0 saturated heterocycles. The van der Waals surface area contributed by atoms with Gasteiger partial charge in [-0.2, -0.15) is 0 Å². The molecule has 98 valence electrons. The van der Waals surface area contributed by atoms with Gasteiger partial charge >= 0.3 is 0 Å². The number of benzene rings is 2. The molecule has 0 atom stereocenters. The molecule has 0 radical (unpaired) electrons. The molecule has 4 heteroatoms. The first-order chi connectivity index (χ1) is 9.13. The lowest BCUT2D eigenvalue weighted by atomic mass is 10.2. The lowest BCUT2D eigenvalue weighted by Crippen LogP contribution is -2.26. The van der Waals surface area contributed by atoms with Gasteiger partial charge in [0.1, 0.15) is 5.75 Å². The Labute approximate surface area is 120 Å². The molecular formula is C15H14BrNO2. The van der Waals surface area contributed by atoms with Crippen LogP contribution in [0.25, 0.3) is 0 Å². The van der Waals surface area contributed by atoms with Crippen molar-refractivity contribution in [3.05, 3.63) is 58.6 Å². The third kappa shape index (κ3) is 2.96. The minimum absolute atomic E-state index is 0.0688. The number of rotatable bonds is 3. The molecule has 2 aromatic carbocycles. The third-order valence-electron chi connectivity index (χ3n) is 2.85. The monoisotopic (exact) mass is 319 g/mol. The van der Waals surface area contributed by atoms with Gasteiger partial charge in [0.2, 0.25) is 0 Å². The quantitative estimate of drug-likeness (QED) is 0.862. The molecule has 0 heterocycles. The average Bonchev–Trinajstić information content (AvgIpc) is 2.46. The van der Waals surface area contributed by atoms with Gasteiger partial charge in [-0.05, 0) is 40.2 Å². The van der Waals surface area contributed by atoms with Crippen LogP contribution in [0.2, 0.25) is 0 Å². The summed E-state index contributed by atoms with van der Waals surface area (Å²) in [4.78, 5) is 14.0. The van der Waals surface area contributed by atoms with Gasteiger partial charge in [-0.3, -0.25) is 4.79 Å². The van der Waals surface area contributed by atoms with E-state index >= 15 is 0 Å². The summed E-state index contributed by atoms with van der Waals surface area (Å²) in [6.45, 7) is 0. The Kier molecular flexibility index (Phi) is 4.22. The fourth-order valence-corrected chi connectivity index (χ4v) is 2.21. The van der Waals surface area contributed by atoms with E-state index in [1.54, 1.807) is 25.1 Å². The van der Waals surface area contributed by atoms with Crippen LogP contribution in [0, 0.1) is 0 Å². The van der Waals surface area contributed by atoms with Gasteiger partial charge in [0.25, 0.3) is 5.91 Å². The van der Waals surface area contributed by atoms with Crippen LogP contribution >= 0.6 is 15.9 Å². The van der Waals surface area contributed by atoms with Crippen LogP contribution in [0.15, 0.2) is 53.0 Å². The summed E-state index contributed by atoms with van der Waals surface area (Å²) in [6.07, 6.45) is 0. The number of halogens is 1. The number of methoxy groups -OCH3 is 1. The predicted molar refractivity (Wildman–Crippen MR) is 79.9 cm³/mol. The third-order valence-corrected chi connectivity index (χ3v) is 3.54.